The van der Waals surface area contributed by atoms with Crippen LogP contribution in [0, 0.1) is 11.8 Å². The van der Waals surface area contributed by atoms with E-state index in [4.69, 9.17) is 5.73 Å². The Kier molecular flexibility index (Phi) is 4.53. The summed E-state index contributed by atoms with van der Waals surface area (Å²) < 4.78 is 0. The van der Waals surface area contributed by atoms with Gasteiger partial charge in [-0.1, -0.05) is 13.8 Å². The van der Waals surface area contributed by atoms with Gasteiger partial charge in [0.1, 0.15) is 0 Å². The summed E-state index contributed by atoms with van der Waals surface area (Å²) >= 11 is 0. The van der Waals surface area contributed by atoms with Crippen molar-refractivity contribution in [2.24, 2.45) is 11.8 Å². The van der Waals surface area contributed by atoms with E-state index in [-0.39, 0.29) is 5.91 Å². The van der Waals surface area contributed by atoms with Crippen molar-refractivity contribution >= 4 is 17.3 Å². The molecule has 0 bridgehead atoms. The number of carbonyl (C=O) groups excluding carboxylic acids is 1. The van der Waals surface area contributed by atoms with E-state index in [1.165, 1.54) is 12.8 Å². The molecule has 0 aromatic heterocycles. The summed E-state index contributed by atoms with van der Waals surface area (Å²) in [6.45, 7) is 4.60. The van der Waals surface area contributed by atoms with Crippen LogP contribution in [0.4, 0.5) is 11.4 Å². The third kappa shape index (κ3) is 3.24. The van der Waals surface area contributed by atoms with Gasteiger partial charge in [0.15, 0.2) is 0 Å². The number of carbonyl (C=O) groups is 1. The molecular weight excluding hydrogens is 250 g/mol. The number of rotatable bonds is 3. The first-order valence-electron chi connectivity index (χ1n) is 7.39. The first kappa shape index (κ1) is 14.7. The summed E-state index contributed by atoms with van der Waals surface area (Å²) in [5.74, 6) is 1.35. The molecule has 1 aliphatic rings. The zero-order valence-electron chi connectivity index (χ0n) is 12.6. The fourth-order valence-electron chi connectivity index (χ4n) is 3.05. The van der Waals surface area contributed by atoms with E-state index in [2.05, 4.69) is 24.5 Å². The number of anilines is 2. The van der Waals surface area contributed by atoms with Crippen LogP contribution in [-0.2, 0) is 0 Å². The van der Waals surface area contributed by atoms with Gasteiger partial charge in [-0.3, -0.25) is 4.79 Å². The highest BCUT2D eigenvalue weighted by atomic mass is 16.1. The standard InChI is InChI=1S/C16H25N3O/c1-10-4-7-14(11(2)8-10)19-15-9-12(16(20)18-3)5-6-13(15)17/h5-6,9-11,14,19H,4,7-8,17H2,1-3H3,(H,18,20). The van der Waals surface area contributed by atoms with Gasteiger partial charge < -0.3 is 16.4 Å². The maximum atomic E-state index is 11.7. The average molecular weight is 275 g/mol. The Morgan fingerprint density at radius 3 is 2.70 bits per heavy atom. The predicted molar refractivity (Wildman–Crippen MR) is 83.8 cm³/mol. The highest BCUT2D eigenvalue weighted by Crippen LogP contribution is 2.32. The molecule has 110 valence electrons. The lowest BCUT2D eigenvalue weighted by atomic mass is 9.80. The van der Waals surface area contributed by atoms with Crippen LogP contribution in [0.2, 0.25) is 0 Å². The lowest BCUT2D eigenvalue weighted by Crippen LogP contribution is -2.33. The van der Waals surface area contributed by atoms with E-state index in [0.717, 1.165) is 18.0 Å². The third-order valence-electron chi connectivity index (χ3n) is 4.31. The summed E-state index contributed by atoms with van der Waals surface area (Å²) in [6.07, 6.45) is 3.65. The van der Waals surface area contributed by atoms with Gasteiger partial charge in [0.05, 0.1) is 11.4 Å². The number of hydrogen-bond donors (Lipinski definition) is 3. The number of hydrogen-bond acceptors (Lipinski definition) is 3. The fourth-order valence-corrected chi connectivity index (χ4v) is 3.05. The number of nitrogens with two attached hydrogens (primary N) is 1. The Hall–Kier alpha value is -1.71. The van der Waals surface area contributed by atoms with Crippen molar-refractivity contribution in [3.8, 4) is 0 Å². The highest BCUT2D eigenvalue weighted by molar-refractivity contribution is 5.96. The van der Waals surface area contributed by atoms with Crippen molar-refractivity contribution in [3.05, 3.63) is 23.8 Å². The molecule has 20 heavy (non-hydrogen) atoms. The number of nitrogens with one attached hydrogen (secondary N) is 2. The summed E-state index contributed by atoms with van der Waals surface area (Å²) in [4.78, 5) is 11.7. The van der Waals surface area contributed by atoms with Gasteiger partial charge in [-0.25, -0.2) is 0 Å². The van der Waals surface area contributed by atoms with Crippen LogP contribution in [0.1, 0.15) is 43.5 Å². The van der Waals surface area contributed by atoms with Crippen molar-refractivity contribution in [3.63, 3.8) is 0 Å². The first-order valence-corrected chi connectivity index (χ1v) is 7.39. The summed E-state index contributed by atoms with van der Waals surface area (Å²) in [5, 5.41) is 6.17. The molecule has 4 heteroatoms. The molecule has 3 atom stereocenters. The lowest BCUT2D eigenvalue weighted by Gasteiger charge is -2.34. The van der Waals surface area contributed by atoms with E-state index >= 15 is 0 Å². The zero-order valence-corrected chi connectivity index (χ0v) is 12.6. The van der Waals surface area contributed by atoms with Gasteiger partial charge in [0.25, 0.3) is 5.91 Å². The molecule has 1 aromatic rings. The molecular formula is C16H25N3O. The van der Waals surface area contributed by atoms with Gasteiger partial charge in [-0.2, -0.15) is 0 Å². The van der Waals surface area contributed by atoms with E-state index in [1.54, 1.807) is 19.2 Å². The SMILES string of the molecule is CNC(=O)c1ccc(N)c(NC2CCC(C)CC2C)c1. The van der Waals surface area contributed by atoms with Crippen LogP contribution in [0.5, 0.6) is 0 Å². The quantitative estimate of drug-likeness (QED) is 0.743. The van der Waals surface area contributed by atoms with Crippen LogP contribution in [0.15, 0.2) is 18.2 Å². The minimum atomic E-state index is -0.0848. The minimum absolute atomic E-state index is 0.0848. The van der Waals surface area contributed by atoms with Gasteiger partial charge in [-0.05, 0) is 49.3 Å². The molecule has 1 saturated carbocycles. The van der Waals surface area contributed by atoms with Gasteiger partial charge in [0, 0.05) is 18.7 Å². The Balaban J connectivity index is 2.14. The average Bonchev–Trinajstić information content (AvgIpc) is 2.43. The van der Waals surface area contributed by atoms with E-state index in [0.29, 0.717) is 23.2 Å². The van der Waals surface area contributed by atoms with Crippen molar-refractivity contribution in [1.82, 2.24) is 5.32 Å². The monoisotopic (exact) mass is 275 g/mol. The van der Waals surface area contributed by atoms with Crippen molar-refractivity contribution < 1.29 is 4.79 Å². The summed E-state index contributed by atoms with van der Waals surface area (Å²) in [6, 6.07) is 5.83. The van der Waals surface area contributed by atoms with Crippen molar-refractivity contribution in [2.45, 2.75) is 39.2 Å². The summed E-state index contributed by atoms with van der Waals surface area (Å²) in [7, 11) is 1.64. The second kappa shape index (κ2) is 6.16. The molecule has 0 spiro atoms. The first-order chi connectivity index (χ1) is 9.51. The molecule has 0 saturated heterocycles. The molecule has 1 amide bonds. The zero-order chi connectivity index (χ0) is 14.7. The molecule has 4 nitrogen and oxygen atoms in total. The molecule has 4 N–H and O–H groups in total. The fraction of sp³-hybridized carbons (Fsp3) is 0.562. The van der Waals surface area contributed by atoms with Crippen LogP contribution in [0.25, 0.3) is 0 Å². The largest absolute Gasteiger partial charge is 0.397 e. The Bertz CT molecular complexity index is 487. The van der Waals surface area contributed by atoms with Crippen LogP contribution < -0.4 is 16.4 Å². The van der Waals surface area contributed by atoms with Gasteiger partial charge in [0.2, 0.25) is 0 Å². The highest BCUT2D eigenvalue weighted by Gasteiger charge is 2.25. The van der Waals surface area contributed by atoms with Crippen molar-refractivity contribution in [1.29, 1.82) is 0 Å². The van der Waals surface area contributed by atoms with Gasteiger partial charge in [-0.15, -0.1) is 0 Å². The Morgan fingerprint density at radius 2 is 2.05 bits per heavy atom. The maximum absolute atomic E-state index is 11.7. The smallest absolute Gasteiger partial charge is 0.251 e. The van der Waals surface area contributed by atoms with Crippen LogP contribution in [-0.4, -0.2) is 19.0 Å². The molecule has 1 aliphatic carbocycles. The maximum Gasteiger partial charge on any atom is 0.251 e. The topological polar surface area (TPSA) is 67.2 Å². The second-order valence-electron chi connectivity index (χ2n) is 6.03. The van der Waals surface area contributed by atoms with Gasteiger partial charge >= 0.3 is 0 Å². The minimum Gasteiger partial charge on any atom is -0.397 e. The van der Waals surface area contributed by atoms with E-state index in [9.17, 15) is 4.79 Å². The van der Waals surface area contributed by atoms with E-state index < -0.39 is 0 Å². The molecule has 2 rings (SSSR count). The summed E-state index contributed by atoms with van der Waals surface area (Å²) in [5.41, 5.74) is 8.24. The number of benzene rings is 1. The second-order valence-corrected chi connectivity index (χ2v) is 6.03. The van der Waals surface area contributed by atoms with Crippen molar-refractivity contribution in [2.75, 3.05) is 18.1 Å². The lowest BCUT2D eigenvalue weighted by molar-refractivity contribution is 0.0963. The normalized spacial score (nSPS) is 26.1. The third-order valence-corrected chi connectivity index (χ3v) is 4.31. The Labute approximate surface area is 121 Å². The predicted octanol–water partition coefficient (Wildman–Crippen LogP) is 2.87. The van der Waals surface area contributed by atoms with Crippen LogP contribution in [0.3, 0.4) is 0 Å². The number of nitrogen functional groups attached to an aromatic ring is 1. The molecule has 0 radical (unpaired) electrons. The van der Waals surface area contributed by atoms with Crippen LogP contribution >= 0.6 is 0 Å². The Morgan fingerprint density at radius 1 is 1.30 bits per heavy atom. The molecule has 1 fully saturated rings. The molecule has 1 aromatic carbocycles. The number of amides is 1. The molecule has 3 unspecified atom stereocenters. The molecule has 0 aliphatic heterocycles. The van der Waals surface area contributed by atoms with E-state index in [1.807, 2.05) is 6.07 Å². The molecule has 0 heterocycles.